The predicted molar refractivity (Wildman–Crippen MR) is 99.8 cm³/mol. The van der Waals surface area contributed by atoms with Gasteiger partial charge in [0.05, 0.1) is 0 Å². The van der Waals surface area contributed by atoms with E-state index in [9.17, 15) is 0 Å². The maximum absolute atomic E-state index is 3.82. The number of allylic oxidation sites excluding steroid dienone is 4. The van der Waals surface area contributed by atoms with Crippen molar-refractivity contribution in [3.8, 4) is 0 Å². The van der Waals surface area contributed by atoms with Crippen LogP contribution in [0.4, 0.5) is 0 Å². The first kappa shape index (κ1) is 22.5. The van der Waals surface area contributed by atoms with Gasteiger partial charge in [0.1, 0.15) is 0 Å². The van der Waals surface area contributed by atoms with E-state index in [0.29, 0.717) is 0 Å². The Hall–Kier alpha value is -0.820. The lowest BCUT2D eigenvalue weighted by molar-refractivity contribution is 0.329. The van der Waals surface area contributed by atoms with Crippen molar-refractivity contribution < 1.29 is 0 Å². The highest BCUT2D eigenvalue weighted by atomic mass is 14.9. The highest BCUT2D eigenvalue weighted by molar-refractivity contribution is 5.31. The van der Waals surface area contributed by atoms with E-state index in [1.165, 1.54) is 37.9 Å². The molecule has 1 heteroatoms. The first-order chi connectivity index (χ1) is 10.3. The quantitative estimate of drug-likeness (QED) is 0.644. The number of rotatable bonds is 2. The van der Waals surface area contributed by atoms with Gasteiger partial charge >= 0.3 is 0 Å². The zero-order chi connectivity index (χ0) is 16.7. The van der Waals surface area contributed by atoms with Crippen LogP contribution in [0.25, 0.3) is 0 Å². The van der Waals surface area contributed by atoms with E-state index in [1.807, 2.05) is 47.6 Å². The number of hydrogen-bond donors (Lipinski definition) is 1. The SMILES string of the molecule is C=CC1=CC=C(C2CNCC(C)C2)CC1.CC.CC.CC. The van der Waals surface area contributed by atoms with E-state index >= 15 is 0 Å². The van der Waals surface area contributed by atoms with Crippen molar-refractivity contribution in [3.05, 3.63) is 36.0 Å². The summed E-state index contributed by atoms with van der Waals surface area (Å²) in [6.45, 7) is 20.5. The van der Waals surface area contributed by atoms with Gasteiger partial charge in [-0.2, -0.15) is 0 Å². The van der Waals surface area contributed by atoms with Crippen molar-refractivity contribution in [2.75, 3.05) is 13.1 Å². The van der Waals surface area contributed by atoms with Crippen molar-refractivity contribution in [3.63, 3.8) is 0 Å². The van der Waals surface area contributed by atoms with Crippen LogP contribution in [-0.2, 0) is 0 Å². The predicted octanol–water partition coefficient (Wildman–Crippen LogP) is 6.14. The van der Waals surface area contributed by atoms with Gasteiger partial charge in [0.15, 0.2) is 0 Å². The lowest BCUT2D eigenvalue weighted by Gasteiger charge is -2.30. The van der Waals surface area contributed by atoms with Crippen LogP contribution in [0.3, 0.4) is 0 Å². The lowest BCUT2D eigenvalue weighted by Crippen LogP contribution is -2.36. The molecule has 124 valence electrons. The average molecular weight is 294 g/mol. The molecule has 2 atom stereocenters. The highest BCUT2D eigenvalue weighted by Crippen LogP contribution is 2.30. The second kappa shape index (κ2) is 15.6. The normalized spacial score (nSPS) is 23.6. The summed E-state index contributed by atoms with van der Waals surface area (Å²) in [7, 11) is 0. The molecule has 2 rings (SSSR count). The van der Waals surface area contributed by atoms with E-state index in [-0.39, 0.29) is 0 Å². The van der Waals surface area contributed by atoms with Crippen molar-refractivity contribution in [2.45, 2.75) is 67.7 Å². The Bertz CT molecular complexity index is 299. The van der Waals surface area contributed by atoms with Crippen LogP contribution >= 0.6 is 0 Å². The molecular formula is C20H39N. The minimum absolute atomic E-state index is 0.774. The third kappa shape index (κ3) is 8.93. The van der Waals surface area contributed by atoms with E-state index in [2.05, 4.69) is 31.0 Å². The molecule has 1 heterocycles. The molecule has 0 radical (unpaired) electrons. The molecule has 1 fully saturated rings. The van der Waals surface area contributed by atoms with Crippen LogP contribution in [-0.4, -0.2) is 13.1 Å². The van der Waals surface area contributed by atoms with Gasteiger partial charge in [0, 0.05) is 6.54 Å². The smallest absolute Gasteiger partial charge is 0.00172 e. The third-order valence-corrected chi connectivity index (χ3v) is 3.57. The monoisotopic (exact) mass is 293 g/mol. The van der Waals surface area contributed by atoms with Crippen molar-refractivity contribution >= 4 is 0 Å². The molecule has 1 nitrogen and oxygen atoms in total. The number of hydrogen-bond acceptors (Lipinski definition) is 1. The van der Waals surface area contributed by atoms with Gasteiger partial charge in [0.25, 0.3) is 0 Å². The zero-order valence-electron chi connectivity index (χ0n) is 15.6. The summed E-state index contributed by atoms with van der Waals surface area (Å²) >= 11 is 0. The van der Waals surface area contributed by atoms with Crippen LogP contribution in [0.2, 0.25) is 0 Å². The summed E-state index contributed by atoms with van der Waals surface area (Å²) in [6.07, 6.45) is 10.3. The maximum Gasteiger partial charge on any atom is 0.00172 e. The van der Waals surface area contributed by atoms with Gasteiger partial charge in [-0.15, -0.1) is 0 Å². The molecule has 0 bridgehead atoms. The van der Waals surface area contributed by atoms with Crippen LogP contribution in [0.15, 0.2) is 36.0 Å². The summed E-state index contributed by atoms with van der Waals surface area (Å²) in [5.74, 6) is 1.60. The van der Waals surface area contributed by atoms with Crippen molar-refractivity contribution in [2.24, 2.45) is 11.8 Å². The maximum atomic E-state index is 3.82. The van der Waals surface area contributed by atoms with Gasteiger partial charge in [0.2, 0.25) is 0 Å². The van der Waals surface area contributed by atoms with Crippen LogP contribution in [0, 0.1) is 11.8 Å². The first-order valence-electron chi connectivity index (χ1n) is 9.02. The standard InChI is InChI=1S/C14H21N.3C2H6/c1-3-12-4-6-13(7-5-12)14-8-11(2)9-15-10-14;3*1-2/h3-4,6,11,14-15H,1,5,7-10H2,2H3;3*1-2H3. The van der Waals surface area contributed by atoms with Crippen molar-refractivity contribution in [1.82, 2.24) is 5.32 Å². The van der Waals surface area contributed by atoms with Crippen molar-refractivity contribution in [1.29, 1.82) is 0 Å². The van der Waals surface area contributed by atoms with E-state index in [4.69, 9.17) is 0 Å². The van der Waals surface area contributed by atoms with Gasteiger partial charge in [-0.3, -0.25) is 0 Å². The van der Waals surface area contributed by atoms with Crippen LogP contribution in [0.1, 0.15) is 67.7 Å². The Morgan fingerprint density at radius 3 is 2.05 bits per heavy atom. The fourth-order valence-electron chi connectivity index (χ4n) is 2.62. The minimum atomic E-state index is 0.774. The molecule has 0 aromatic rings. The molecule has 0 aromatic heterocycles. The molecular weight excluding hydrogens is 254 g/mol. The average Bonchev–Trinajstić information content (AvgIpc) is 2.60. The van der Waals surface area contributed by atoms with E-state index in [1.54, 1.807) is 5.57 Å². The van der Waals surface area contributed by atoms with Gasteiger partial charge < -0.3 is 5.32 Å². The van der Waals surface area contributed by atoms with E-state index in [0.717, 1.165) is 11.8 Å². The number of piperidine rings is 1. The topological polar surface area (TPSA) is 12.0 Å². The molecule has 0 amide bonds. The first-order valence-corrected chi connectivity index (χ1v) is 9.02. The third-order valence-electron chi connectivity index (χ3n) is 3.57. The molecule has 0 spiro atoms. The summed E-state index contributed by atoms with van der Waals surface area (Å²) in [5.41, 5.74) is 3.02. The Morgan fingerprint density at radius 1 is 1.00 bits per heavy atom. The van der Waals surface area contributed by atoms with Gasteiger partial charge in [-0.25, -0.2) is 0 Å². The van der Waals surface area contributed by atoms with Crippen LogP contribution in [0.5, 0.6) is 0 Å². The van der Waals surface area contributed by atoms with E-state index < -0.39 is 0 Å². The summed E-state index contributed by atoms with van der Waals surface area (Å²) in [6, 6.07) is 0. The molecule has 0 saturated carbocycles. The fraction of sp³-hybridized carbons (Fsp3) is 0.700. The summed E-state index contributed by atoms with van der Waals surface area (Å²) in [5, 5.41) is 3.53. The Morgan fingerprint density at radius 2 is 1.62 bits per heavy atom. The minimum Gasteiger partial charge on any atom is -0.316 e. The zero-order valence-corrected chi connectivity index (χ0v) is 15.6. The second-order valence-electron chi connectivity index (χ2n) is 4.88. The molecule has 2 aliphatic rings. The summed E-state index contributed by atoms with van der Waals surface area (Å²) < 4.78 is 0. The summed E-state index contributed by atoms with van der Waals surface area (Å²) in [4.78, 5) is 0. The molecule has 0 aromatic carbocycles. The highest BCUT2D eigenvalue weighted by Gasteiger charge is 2.22. The Kier molecular flexibility index (Phi) is 16.6. The second-order valence-corrected chi connectivity index (χ2v) is 4.88. The largest absolute Gasteiger partial charge is 0.316 e. The molecule has 21 heavy (non-hydrogen) atoms. The molecule has 2 unspecified atom stereocenters. The molecule has 1 N–H and O–H groups in total. The molecule has 1 aliphatic heterocycles. The number of nitrogens with one attached hydrogen (secondary N) is 1. The molecule has 1 saturated heterocycles. The Labute approximate surface area is 134 Å². The van der Waals surface area contributed by atoms with Gasteiger partial charge in [-0.1, -0.05) is 78.8 Å². The fourth-order valence-corrected chi connectivity index (χ4v) is 2.62. The Balaban J connectivity index is 0. The molecule has 1 aliphatic carbocycles. The lowest BCUT2D eigenvalue weighted by atomic mass is 9.82. The van der Waals surface area contributed by atoms with Crippen LogP contribution < -0.4 is 5.32 Å². The van der Waals surface area contributed by atoms with Gasteiger partial charge in [-0.05, 0) is 43.2 Å².